The Balaban J connectivity index is 2.10. The molecule has 1 N–H and O–H groups in total. The van der Waals surface area contributed by atoms with Crippen LogP contribution in [0.2, 0.25) is 0 Å². The summed E-state index contributed by atoms with van der Waals surface area (Å²) >= 11 is 3.44. The number of rotatable bonds is 5. The number of imide groups is 1. The summed E-state index contributed by atoms with van der Waals surface area (Å²) < 4.78 is 0.900. The van der Waals surface area contributed by atoms with Gasteiger partial charge in [-0.25, -0.2) is 0 Å². The van der Waals surface area contributed by atoms with Gasteiger partial charge in [-0.3, -0.25) is 14.5 Å². The van der Waals surface area contributed by atoms with Crippen LogP contribution < -0.4 is 5.32 Å². The first-order valence-corrected chi connectivity index (χ1v) is 9.78. The number of benzene rings is 2. The Morgan fingerprint density at radius 1 is 1.00 bits per heavy atom. The standard InChI is InChI=1S/C22H23BrN2O2/c1-13(2)12-25-21(26)19(16-9-8-14(3)15(4)10-16)20(22(25)27)24-18-7-5-6-17(23)11-18/h5-11,13,24H,12H2,1-4H3. The van der Waals surface area contributed by atoms with Gasteiger partial charge in [-0.1, -0.05) is 54.0 Å². The Bertz CT molecular complexity index is 947. The summed E-state index contributed by atoms with van der Waals surface area (Å²) in [5.74, 6) is -0.319. The van der Waals surface area contributed by atoms with Crippen molar-refractivity contribution in [3.8, 4) is 0 Å². The molecular weight excluding hydrogens is 404 g/mol. The Labute approximate surface area is 168 Å². The van der Waals surface area contributed by atoms with E-state index in [1.165, 1.54) is 4.90 Å². The number of aryl methyl sites for hydroxylation is 2. The summed E-state index contributed by atoms with van der Waals surface area (Å²) in [6, 6.07) is 13.4. The van der Waals surface area contributed by atoms with E-state index in [0.29, 0.717) is 17.8 Å². The number of hydrogen-bond acceptors (Lipinski definition) is 3. The molecule has 1 heterocycles. The number of nitrogens with one attached hydrogen (secondary N) is 1. The van der Waals surface area contributed by atoms with E-state index in [4.69, 9.17) is 0 Å². The Morgan fingerprint density at radius 3 is 2.37 bits per heavy atom. The zero-order chi connectivity index (χ0) is 19.7. The van der Waals surface area contributed by atoms with Gasteiger partial charge in [0.25, 0.3) is 11.8 Å². The zero-order valence-electron chi connectivity index (χ0n) is 16.0. The van der Waals surface area contributed by atoms with E-state index in [1.807, 2.05) is 70.2 Å². The van der Waals surface area contributed by atoms with Crippen LogP contribution in [0.15, 0.2) is 52.6 Å². The first-order chi connectivity index (χ1) is 12.8. The molecular formula is C22H23BrN2O2. The quantitative estimate of drug-likeness (QED) is 0.690. The van der Waals surface area contributed by atoms with Crippen LogP contribution in [0.5, 0.6) is 0 Å². The highest BCUT2D eigenvalue weighted by Crippen LogP contribution is 2.32. The molecule has 2 aromatic rings. The third-order valence-corrected chi connectivity index (χ3v) is 5.10. The third-order valence-electron chi connectivity index (χ3n) is 4.61. The highest BCUT2D eigenvalue weighted by atomic mass is 79.9. The van der Waals surface area contributed by atoms with E-state index >= 15 is 0 Å². The van der Waals surface area contributed by atoms with Gasteiger partial charge in [0, 0.05) is 16.7 Å². The summed E-state index contributed by atoms with van der Waals surface area (Å²) in [4.78, 5) is 27.5. The van der Waals surface area contributed by atoms with Crippen LogP contribution in [0.1, 0.15) is 30.5 Å². The molecule has 0 radical (unpaired) electrons. The van der Waals surface area contributed by atoms with E-state index in [-0.39, 0.29) is 17.7 Å². The molecule has 2 aromatic carbocycles. The van der Waals surface area contributed by atoms with Crippen LogP contribution in [-0.2, 0) is 9.59 Å². The van der Waals surface area contributed by atoms with Gasteiger partial charge in [-0.05, 0) is 54.7 Å². The van der Waals surface area contributed by atoms with Crippen LogP contribution in [0.4, 0.5) is 5.69 Å². The highest BCUT2D eigenvalue weighted by Gasteiger charge is 2.39. The fraction of sp³-hybridized carbons (Fsp3) is 0.273. The second-order valence-corrected chi connectivity index (χ2v) is 8.21. The fourth-order valence-electron chi connectivity index (χ4n) is 3.10. The summed E-state index contributed by atoms with van der Waals surface area (Å²) in [6.07, 6.45) is 0. The number of halogens is 1. The Hall–Kier alpha value is -2.40. The maximum atomic E-state index is 13.1. The lowest BCUT2D eigenvalue weighted by molar-refractivity contribution is -0.137. The molecule has 0 saturated heterocycles. The van der Waals surface area contributed by atoms with E-state index in [1.54, 1.807) is 0 Å². The summed E-state index contributed by atoms with van der Waals surface area (Å²) in [5.41, 5.74) is 4.53. The van der Waals surface area contributed by atoms with Gasteiger partial charge in [-0.15, -0.1) is 0 Å². The average Bonchev–Trinajstić information content (AvgIpc) is 2.82. The molecule has 0 bridgehead atoms. The van der Waals surface area contributed by atoms with Gasteiger partial charge in [0.15, 0.2) is 0 Å². The maximum Gasteiger partial charge on any atom is 0.278 e. The zero-order valence-corrected chi connectivity index (χ0v) is 17.6. The molecule has 0 fully saturated rings. The molecule has 0 spiro atoms. The van der Waals surface area contributed by atoms with Crippen molar-refractivity contribution in [1.82, 2.24) is 4.90 Å². The largest absolute Gasteiger partial charge is 0.350 e. The van der Waals surface area contributed by atoms with Crippen molar-refractivity contribution in [2.24, 2.45) is 5.92 Å². The van der Waals surface area contributed by atoms with Crippen molar-refractivity contribution in [1.29, 1.82) is 0 Å². The highest BCUT2D eigenvalue weighted by molar-refractivity contribution is 9.10. The summed E-state index contributed by atoms with van der Waals surface area (Å²) in [5, 5.41) is 3.19. The number of nitrogens with zero attached hydrogens (tertiary/aromatic N) is 1. The van der Waals surface area contributed by atoms with Crippen molar-refractivity contribution < 1.29 is 9.59 Å². The number of amides is 2. The van der Waals surface area contributed by atoms with Gasteiger partial charge in [0.1, 0.15) is 5.70 Å². The van der Waals surface area contributed by atoms with Crippen LogP contribution in [0.25, 0.3) is 5.57 Å². The lowest BCUT2D eigenvalue weighted by Gasteiger charge is -2.17. The Morgan fingerprint density at radius 2 is 1.74 bits per heavy atom. The van der Waals surface area contributed by atoms with E-state index in [9.17, 15) is 9.59 Å². The topological polar surface area (TPSA) is 49.4 Å². The number of hydrogen-bond donors (Lipinski definition) is 1. The van der Waals surface area contributed by atoms with Gasteiger partial charge < -0.3 is 5.32 Å². The molecule has 0 saturated carbocycles. The molecule has 0 aliphatic carbocycles. The van der Waals surface area contributed by atoms with Crippen molar-refractivity contribution in [2.75, 3.05) is 11.9 Å². The molecule has 0 atom stereocenters. The molecule has 2 amide bonds. The van der Waals surface area contributed by atoms with Crippen molar-refractivity contribution >= 4 is 39.0 Å². The number of anilines is 1. The van der Waals surface area contributed by atoms with E-state index in [2.05, 4.69) is 21.2 Å². The molecule has 27 heavy (non-hydrogen) atoms. The van der Waals surface area contributed by atoms with Crippen LogP contribution >= 0.6 is 15.9 Å². The minimum atomic E-state index is -0.276. The predicted molar refractivity (Wildman–Crippen MR) is 112 cm³/mol. The average molecular weight is 427 g/mol. The third kappa shape index (κ3) is 3.98. The lowest BCUT2D eigenvalue weighted by Crippen LogP contribution is -2.35. The predicted octanol–water partition coefficient (Wildman–Crippen LogP) is 4.91. The van der Waals surface area contributed by atoms with Crippen LogP contribution in [0, 0.1) is 19.8 Å². The molecule has 1 aliphatic rings. The van der Waals surface area contributed by atoms with Crippen molar-refractivity contribution in [3.63, 3.8) is 0 Å². The smallest absolute Gasteiger partial charge is 0.278 e. The molecule has 0 unspecified atom stereocenters. The van der Waals surface area contributed by atoms with E-state index < -0.39 is 0 Å². The fourth-order valence-corrected chi connectivity index (χ4v) is 3.50. The van der Waals surface area contributed by atoms with Gasteiger partial charge in [0.2, 0.25) is 0 Å². The molecule has 3 rings (SSSR count). The minimum absolute atomic E-state index is 0.198. The monoisotopic (exact) mass is 426 g/mol. The number of carbonyl (C=O) groups is 2. The normalized spacial score (nSPS) is 14.5. The summed E-state index contributed by atoms with van der Waals surface area (Å²) in [6.45, 7) is 8.43. The maximum absolute atomic E-state index is 13.1. The first-order valence-electron chi connectivity index (χ1n) is 8.98. The Kier molecular flexibility index (Phi) is 5.51. The lowest BCUT2D eigenvalue weighted by atomic mass is 9.99. The first kappa shape index (κ1) is 19.4. The molecule has 140 valence electrons. The van der Waals surface area contributed by atoms with Crippen LogP contribution in [-0.4, -0.2) is 23.3 Å². The van der Waals surface area contributed by atoms with Crippen molar-refractivity contribution in [3.05, 3.63) is 69.3 Å². The second kappa shape index (κ2) is 7.69. The number of carbonyl (C=O) groups excluding carboxylic acids is 2. The summed E-state index contributed by atoms with van der Waals surface area (Å²) in [7, 11) is 0. The van der Waals surface area contributed by atoms with Gasteiger partial charge in [0.05, 0.1) is 5.57 Å². The SMILES string of the molecule is Cc1ccc(C2=C(Nc3cccc(Br)c3)C(=O)N(CC(C)C)C2=O)cc1C. The second-order valence-electron chi connectivity index (χ2n) is 7.30. The van der Waals surface area contributed by atoms with E-state index in [0.717, 1.165) is 26.9 Å². The van der Waals surface area contributed by atoms with Crippen molar-refractivity contribution in [2.45, 2.75) is 27.7 Å². The van der Waals surface area contributed by atoms with Gasteiger partial charge >= 0.3 is 0 Å². The van der Waals surface area contributed by atoms with Gasteiger partial charge in [-0.2, -0.15) is 0 Å². The molecule has 1 aliphatic heterocycles. The minimum Gasteiger partial charge on any atom is -0.350 e. The van der Waals surface area contributed by atoms with Crippen LogP contribution in [0.3, 0.4) is 0 Å². The molecule has 0 aromatic heterocycles. The molecule has 4 nitrogen and oxygen atoms in total. The molecule has 5 heteroatoms.